The number of aryl methyl sites for hydroxylation is 1. The summed E-state index contributed by atoms with van der Waals surface area (Å²) in [4.78, 5) is 20.1. The monoisotopic (exact) mass is 337 g/mol. The first-order valence-corrected chi connectivity index (χ1v) is 9.04. The Labute approximate surface area is 145 Å². The fourth-order valence-corrected chi connectivity index (χ4v) is 4.04. The molecule has 4 rings (SSSR count). The van der Waals surface area contributed by atoms with Gasteiger partial charge in [0, 0.05) is 24.0 Å². The first-order chi connectivity index (χ1) is 11.7. The number of hydrogen-bond donors (Lipinski definition) is 0. The molecule has 1 atom stereocenters. The lowest BCUT2D eigenvalue weighted by molar-refractivity contribution is -0.125. The average molecular weight is 337 g/mol. The molecular weight excluding hydrogens is 318 g/mol. The fourth-order valence-electron chi connectivity index (χ4n) is 3.42. The third-order valence-corrected chi connectivity index (χ3v) is 5.38. The molecule has 0 N–H and O–H groups in total. The fraction of sp³-hybridized carbons (Fsp3) is 0.263. The highest BCUT2D eigenvalue weighted by Gasteiger charge is 2.28. The van der Waals surface area contributed by atoms with Crippen molar-refractivity contribution < 1.29 is 4.79 Å². The zero-order valence-electron chi connectivity index (χ0n) is 13.6. The van der Waals surface area contributed by atoms with Gasteiger partial charge in [0.1, 0.15) is 5.82 Å². The molecular formula is C19H19N3OS. The maximum absolute atomic E-state index is 12.4. The van der Waals surface area contributed by atoms with Gasteiger partial charge >= 0.3 is 0 Å². The summed E-state index contributed by atoms with van der Waals surface area (Å²) in [6.07, 6.45) is 4.56. The van der Waals surface area contributed by atoms with E-state index in [0.717, 1.165) is 41.2 Å². The summed E-state index contributed by atoms with van der Waals surface area (Å²) in [6, 6.07) is 12.5. The Morgan fingerprint density at radius 1 is 1.29 bits per heavy atom. The lowest BCUT2D eigenvalue weighted by Crippen LogP contribution is -2.27. The molecule has 1 amide bonds. The number of benzene rings is 1. The normalized spacial score (nSPS) is 18.0. The van der Waals surface area contributed by atoms with E-state index in [1.807, 2.05) is 53.6 Å². The number of carbonyl (C=O) groups is 1. The van der Waals surface area contributed by atoms with E-state index in [0.29, 0.717) is 6.04 Å². The molecule has 122 valence electrons. The van der Waals surface area contributed by atoms with Crippen LogP contribution in [0.3, 0.4) is 0 Å². The minimum atomic E-state index is 0.0907. The van der Waals surface area contributed by atoms with Crippen molar-refractivity contribution in [2.45, 2.75) is 19.4 Å². The van der Waals surface area contributed by atoms with E-state index in [4.69, 9.17) is 0 Å². The first-order valence-electron chi connectivity index (χ1n) is 8.16. The predicted molar refractivity (Wildman–Crippen MR) is 98.1 cm³/mol. The molecule has 1 fully saturated rings. The summed E-state index contributed by atoms with van der Waals surface area (Å²) in [6.45, 7) is 3.58. The second-order valence-electron chi connectivity index (χ2n) is 6.09. The Morgan fingerprint density at radius 3 is 3.00 bits per heavy atom. The van der Waals surface area contributed by atoms with E-state index in [9.17, 15) is 4.79 Å². The third kappa shape index (κ3) is 2.76. The first kappa shape index (κ1) is 15.1. The van der Waals surface area contributed by atoms with Gasteiger partial charge in [-0.2, -0.15) is 0 Å². The zero-order chi connectivity index (χ0) is 16.5. The summed E-state index contributed by atoms with van der Waals surface area (Å²) < 4.78 is 2.28. The SMILES string of the molecule is Cc1nc2ccccc2n1[C@@H]1CCN(C(=O)/C=C/c2cccs2)C1. The van der Waals surface area contributed by atoms with Crippen LogP contribution in [0.25, 0.3) is 17.1 Å². The van der Waals surface area contributed by atoms with E-state index >= 15 is 0 Å². The van der Waals surface area contributed by atoms with Gasteiger partial charge in [-0.3, -0.25) is 4.79 Å². The molecule has 0 unspecified atom stereocenters. The largest absolute Gasteiger partial charge is 0.337 e. The van der Waals surface area contributed by atoms with Crippen LogP contribution < -0.4 is 0 Å². The van der Waals surface area contributed by atoms with Gasteiger partial charge in [0.2, 0.25) is 5.91 Å². The molecule has 24 heavy (non-hydrogen) atoms. The lowest BCUT2D eigenvalue weighted by Gasteiger charge is -2.17. The van der Waals surface area contributed by atoms with Crippen LogP contribution in [0.1, 0.15) is 23.2 Å². The van der Waals surface area contributed by atoms with Crippen LogP contribution in [-0.4, -0.2) is 33.4 Å². The summed E-state index contributed by atoms with van der Waals surface area (Å²) in [7, 11) is 0. The van der Waals surface area contributed by atoms with E-state index in [1.54, 1.807) is 17.4 Å². The number of amides is 1. The van der Waals surface area contributed by atoms with Gasteiger partial charge in [-0.15, -0.1) is 11.3 Å². The summed E-state index contributed by atoms with van der Waals surface area (Å²) in [5.74, 6) is 1.11. The van der Waals surface area contributed by atoms with Crippen molar-refractivity contribution in [3.8, 4) is 0 Å². The predicted octanol–water partition coefficient (Wildman–Crippen LogP) is 3.89. The number of carbonyl (C=O) groups excluding carboxylic acids is 1. The minimum Gasteiger partial charge on any atom is -0.337 e. The van der Waals surface area contributed by atoms with Crippen molar-refractivity contribution in [3.63, 3.8) is 0 Å². The van der Waals surface area contributed by atoms with Crippen LogP contribution in [0.5, 0.6) is 0 Å². The second-order valence-corrected chi connectivity index (χ2v) is 7.07. The van der Waals surface area contributed by atoms with E-state index in [2.05, 4.69) is 15.6 Å². The highest BCUT2D eigenvalue weighted by molar-refractivity contribution is 7.10. The van der Waals surface area contributed by atoms with Crippen molar-refractivity contribution in [3.05, 3.63) is 58.6 Å². The number of likely N-dealkylation sites (tertiary alicyclic amines) is 1. The molecule has 0 saturated carbocycles. The number of hydrogen-bond acceptors (Lipinski definition) is 3. The van der Waals surface area contributed by atoms with Crippen LogP contribution in [-0.2, 0) is 4.79 Å². The summed E-state index contributed by atoms with van der Waals surface area (Å²) in [5, 5.41) is 2.02. The van der Waals surface area contributed by atoms with Crippen LogP contribution in [0.2, 0.25) is 0 Å². The van der Waals surface area contributed by atoms with Gasteiger partial charge in [-0.1, -0.05) is 18.2 Å². The topological polar surface area (TPSA) is 38.1 Å². The molecule has 1 aliphatic rings. The zero-order valence-corrected chi connectivity index (χ0v) is 14.4. The Bertz CT molecular complexity index is 895. The molecule has 1 saturated heterocycles. The maximum Gasteiger partial charge on any atom is 0.246 e. The molecule has 3 heterocycles. The number of rotatable bonds is 3. The minimum absolute atomic E-state index is 0.0907. The van der Waals surface area contributed by atoms with Gasteiger partial charge in [0.25, 0.3) is 0 Å². The molecule has 0 radical (unpaired) electrons. The van der Waals surface area contributed by atoms with E-state index < -0.39 is 0 Å². The number of thiophene rings is 1. The molecule has 2 aromatic heterocycles. The highest BCUT2D eigenvalue weighted by atomic mass is 32.1. The Balaban J connectivity index is 1.51. The number of para-hydroxylation sites is 2. The van der Waals surface area contributed by atoms with Crippen molar-refractivity contribution >= 4 is 34.4 Å². The second kappa shape index (κ2) is 6.24. The lowest BCUT2D eigenvalue weighted by atomic mass is 10.2. The van der Waals surface area contributed by atoms with Crippen LogP contribution in [0.15, 0.2) is 47.9 Å². The van der Waals surface area contributed by atoms with Gasteiger partial charge in [0.15, 0.2) is 0 Å². The van der Waals surface area contributed by atoms with Gasteiger partial charge in [-0.05, 0) is 43.0 Å². The van der Waals surface area contributed by atoms with Crippen molar-refractivity contribution in [2.75, 3.05) is 13.1 Å². The quantitative estimate of drug-likeness (QED) is 0.680. The van der Waals surface area contributed by atoms with Crippen LogP contribution in [0.4, 0.5) is 0 Å². The number of fused-ring (bicyclic) bond motifs is 1. The highest BCUT2D eigenvalue weighted by Crippen LogP contribution is 2.28. The Hall–Kier alpha value is -2.40. The van der Waals surface area contributed by atoms with E-state index in [1.165, 1.54) is 0 Å². The average Bonchev–Trinajstić information content (AvgIpc) is 3.31. The van der Waals surface area contributed by atoms with Gasteiger partial charge in [0.05, 0.1) is 17.1 Å². The number of nitrogens with zero attached hydrogens (tertiary/aromatic N) is 3. The molecule has 0 aliphatic carbocycles. The smallest absolute Gasteiger partial charge is 0.246 e. The van der Waals surface area contributed by atoms with Crippen molar-refractivity contribution in [1.82, 2.24) is 14.5 Å². The van der Waals surface area contributed by atoms with Gasteiger partial charge in [-0.25, -0.2) is 4.98 Å². The number of aromatic nitrogens is 2. The van der Waals surface area contributed by atoms with Crippen molar-refractivity contribution in [1.29, 1.82) is 0 Å². The molecule has 1 aliphatic heterocycles. The Kier molecular flexibility index (Phi) is 3.94. The summed E-state index contributed by atoms with van der Waals surface area (Å²) in [5.41, 5.74) is 2.18. The maximum atomic E-state index is 12.4. The summed E-state index contributed by atoms with van der Waals surface area (Å²) >= 11 is 1.64. The molecule has 3 aromatic rings. The number of imidazole rings is 1. The van der Waals surface area contributed by atoms with Crippen LogP contribution in [0, 0.1) is 6.92 Å². The third-order valence-electron chi connectivity index (χ3n) is 4.55. The molecule has 0 bridgehead atoms. The molecule has 4 nitrogen and oxygen atoms in total. The van der Waals surface area contributed by atoms with Crippen LogP contribution >= 0.6 is 11.3 Å². The van der Waals surface area contributed by atoms with Gasteiger partial charge < -0.3 is 9.47 Å². The molecule has 1 aromatic carbocycles. The van der Waals surface area contributed by atoms with Crippen molar-refractivity contribution in [2.24, 2.45) is 0 Å². The molecule has 0 spiro atoms. The molecule has 5 heteroatoms. The Morgan fingerprint density at radius 2 is 2.17 bits per heavy atom. The van der Waals surface area contributed by atoms with E-state index in [-0.39, 0.29) is 5.91 Å². The standard InChI is InChI=1S/C19H19N3OS/c1-14-20-17-6-2-3-7-18(17)22(14)15-10-11-21(13-15)19(23)9-8-16-5-4-12-24-16/h2-9,12,15H,10-11,13H2,1H3/b9-8+/t15-/m1/s1.